The summed E-state index contributed by atoms with van der Waals surface area (Å²) >= 11 is 1.67. The molecule has 0 aliphatic carbocycles. The van der Waals surface area contributed by atoms with Crippen LogP contribution in [0.15, 0.2) is 47.8 Å². The second-order valence-electron chi connectivity index (χ2n) is 5.32. The zero-order chi connectivity index (χ0) is 15.2. The fraction of sp³-hybridized carbons (Fsp3) is 0.353. The zero-order valence-corrected chi connectivity index (χ0v) is 13.2. The number of hydrogen-bond acceptors (Lipinski definition) is 4. The van der Waals surface area contributed by atoms with Crippen molar-refractivity contribution >= 4 is 17.2 Å². The van der Waals surface area contributed by atoms with Crippen LogP contribution in [0.1, 0.15) is 16.5 Å². The molecule has 0 bridgehead atoms. The van der Waals surface area contributed by atoms with E-state index in [2.05, 4.69) is 28.4 Å². The van der Waals surface area contributed by atoms with Crippen molar-refractivity contribution in [1.29, 1.82) is 0 Å². The number of hydrogen-bond donors (Lipinski definition) is 1. The number of carbonyl (C=O) groups is 1. The first-order valence-corrected chi connectivity index (χ1v) is 8.39. The Morgan fingerprint density at radius 2 is 1.95 bits per heavy atom. The highest BCUT2D eigenvalue weighted by molar-refractivity contribution is 7.10. The quantitative estimate of drug-likeness (QED) is 0.920. The largest absolute Gasteiger partial charge is 0.379 e. The molecule has 0 radical (unpaired) electrons. The van der Waals surface area contributed by atoms with Crippen LogP contribution in [0.25, 0.3) is 0 Å². The molecule has 1 unspecified atom stereocenters. The molecule has 1 aromatic heterocycles. The van der Waals surface area contributed by atoms with Crippen LogP contribution in [0.4, 0.5) is 0 Å². The highest BCUT2D eigenvalue weighted by Crippen LogP contribution is 2.25. The first-order valence-electron chi connectivity index (χ1n) is 7.51. The molecule has 1 saturated heterocycles. The number of benzene rings is 1. The molecule has 0 spiro atoms. The third-order valence-corrected chi connectivity index (χ3v) is 4.67. The second kappa shape index (κ2) is 7.54. The van der Waals surface area contributed by atoms with E-state index in [1.165, 1.54) is 0 Å². The number of rotatable bonds is 5. The summed E-state index contributed by atoms with van der Waals surface area (Å²) in [5.74, 6) is 0.0594. The minimum Gasteiger partial charge on any atom is -0.379 e. The van der Waals surface area contributed by atoms with Gasteiger partial charge >= 0.3 is 0 Å². The van der Waals surface area contributed by atoms with Crippen LogP contribution in [0.5, 0.6) is 0 Å². The van der Waals surface area contributed by atoms with E-state index in [0.717, 1.165) is 23.5 Å². The Kier molecular flexibility index (Phi) is 5.21. The fourth-order valence-corrected chi connectivity index (χ4v) is 3.39. The van der Waals surface area contributed by atoms with Gasteiger partial charge in [-0.15, -0.1) is 11.3 Å². The Morgan fingerprint density at radius 1 is 1.18 bits per heavy atom. The van der Waals surface area contributed by atoms with Crippen molar-refractivity contribution in [3.63, 3.8) is 0 Å². The number of thiophene rings is 1. The lowest BCUT2D eigenvalue weighted by molar-refractivity contribution is -0.123. The van der Waals surface area contributed by atoms with E-state index in [1.807, 2.05) is 29.6 Å². The lowest BCUT2D eigenvalue weighted by atomic mass is 10.1. The summed E-state index contributed by atoms with van der Waals surface area (Å²) in [6.45, 7) is 3.49. The van der Waals surface area contributed by atoms with Gasteiger partial charge in [0.25, 0.3) is 0 Å². The SMILES string of the molecule is O=C(CN1CCOCC1)NC(c1ccccc1)c1cccs1. The van der Waals surface area contributed by atoms with Gasteiger partial charge in [-0.05, 0) is 17.0 Å². The lowest BCUT2D eigenvalue weighted by Gasteiger charge is -2.27. The molecular weight excluding hydrogens is 296 g/mol. The smallest absolute Gasteiger partial charge is 0.234 e. The van der Waals surface area contributed by atoms with Crippen molar-refractivity contribution in [3.8, 4) is 0 Å². The third kappa shape index (κ3) is 3.94. The Bertz CT molecular complexity index is 580. The van der Waals surface area contributed by atoms with Crippen LogP contribution in [-0.2, 0) is 9.53 Å². The Labute approximate surface area is 134 Å². The van der Waals surface area contributed by atoms with Gasteiger partial charge < -0.3 is 10.1 Å². The minimum atomic E-state index is -0.0743. The van der Waals surface area contributed by atoms with E-state index in [9.17, 15) is 4.79 Å². The van der Waals surface area contributed by atoms with Crippen molar-refractivity contribution in [2.45, 2.75) is 6.04 Å². The second-order valence-corrected chi connectivity index (χ2v) is 6.29. The Hall–Kier alpha value is -1.69. The van der Waals surface area contributed by atoms with E-state index >= 15 is 0 Å². The van der Waals surface area contributed by atoms with Crippen LogP contribution < -0.4 is 5.32 Å². The Morgan fingerprint density at radius 3 is 2.64 bits per heavy atom. The maximum atomic E-state index is 12.4. The van der Waals surface area contributed by atoms with E-state index < -0.39 is 0 Å². The predicted molar refractivity (Wildman–Crippen MR) is 88.0 cm³/mol. The third-order valence-electron chi connectivity index (χ3n) is 3.74. The van der Waals surface area contributed by atoms with Crippen LogP contribution in [0, 0.1) is 0 Å². The normalized spacial score (nSPS) is 17.1. The number of carbonyl (C=O) groups excluding carboxylic acids is 1. The molecule has 5 heteroatoms. The molecule has 3 rings (SSSR count). The molecule has 1 aliphatic heterocycles. The van der Waals surface area contributed by atoms with Gasteiger partial charge in [0.15, 0.2) is 0 Å². The highest BCUT2D eigenvalue weighted by atomic mass is 32.1. The molecule has 1 atom stereocenters. The molecule has 1 aliphatic rings. The zero-order valence-electron chi connectivity index (χ0n) is 12.4. The monoisotopic (exact) mass is 316 g/mol. The molecule has 1 amide bonds. The van der Waals surface area contributed by atoms with Gasteiger partial charge in [0.2, 0.25) is 5.91 Å². The molecule has 116 valence electrons. The molecule has 2 aromatic rings. The van der Waals surface area contributed by atoms with Crippen molar-refractivity contribution in [1.82, 2.24) is 10.2 Å². The standard InChI is InChI=1S/C17H20N2O2S/c20-16(13-19-8-10-21-11-9-19)18-17(15-7-4-12-22-15)14-5-2-1-3-6-14/h1-7,12,17H,8-11,13H2,(H,18,20). The van der Waals surface area contributed by atoms with Gasteiger partial charge in [0.05, 0.1) is 25.8 Å². The van der Waals surface area contributed by atoms with Crippen molar-refractivity contribution in [2.75, 3.05) is 32.8 Å². The summed E-state index contributed by atoms with van der Waals surface area (Å²) in [5.41, 5.74) is 1.11. The molecule has 1 aromatic carbocycles. The number of amides is 1. The summed E-state index contributed by atoms with van der Waals surface area (Å²) in [4.78, 5) is 15.7. The first-order chi connectivity index (χ1) is 10.8. The van der Waals surface area contributed by atoms with Crippen molar-refractivity contribution in [2.24, 2.45) is 0 Å². The fourth-order valence-electron chi connectivity index (χ4n) is 2.59. The van der Waals surface area contributed by atoms with Crippen LogP contribution in [0.3, 0.4) is 0 Å². The maximum absolute atomic E-state index is 12.4. The van der Waals surface area contributed by atoms with Crippen molar-refractivity contribution in [3.05, 3.63) is 58.3 Å². The van der Waals surface area contributed by atoms with Crippen molar-refractivity contribution < 1.29 is 9.53 Å². The Balaban J connectivity index is 1.69. The minimum absolute atomic E-state index is 0.0594. The molecule has 0 saturated carbocycles. The topological polar surface area (TPSA) is 41.6 Å². The van der Waals surface area contributed by atoms with E-state index in [4.69, 9.17) is 4.74 Å². The highest BCUT2D eigenvalue weighted by Gasteiger charge is 2.20. The molecule has 2 heterocycles. The summed E-state index contributed by atoms with van der Waals surface area (Å²) in [5, 5.41) is 5.21. The van der Waals surface area contributed by atoms with Gasteiger partial charge in [-0.25, -0.2) is 0 Å². The summed E-state index contributed by atoms with van der Waals surface area (Å²) in [7, 11) is 0. The van der Waals surface area contributed by atoms with E-state index in [0.29, 0.717) is 19.8 Å². The lowest BCUT2D eigenvalue weighted by Crippen LogP contribution is -2.44. The van der Waals surface area contributed by atoms with Gasteiger partial charge in [-0.1, -0.05) is 36.4 Å². The number of nitrogens with zero attached hydrogens (tertiary/aromatic N) is 1. The summed E-state index contributed by atoms with van der Waals surface area (Å²) in [6.07, 6.45) is 0. The summed E-state index contributed by atoms with van der Waals surface area (Å²) < 4.78 is 5.32. The van der Waals surface area contributed by atoms with Crippen LogP contribution >= 0.6 is 11.3 Å². The molecule has 1 N–H and O–H groups in total. The molecule has 22 heavy (non-hydrogen) atoms. The van der Waals surface area contributed by atoms with Crippen LogP contribution in [-0.4, -0.2) is 43.7 Å². The van der Waals surface area contributed by atoms with Crippen LogP contribution in [0.2, 0.25) is 0 Å². The number of morpholine rings is 1. The van der Waals surface area contributed by atoms with E-state index in [-0.39, 0.29) is 11.9 Å². The molecule has 4 nitrogen and oxygen atoms in total. The average Bonchev–Trinajstić information content (AvgIpc) is 3.08. The van der Waals surface area contributed by atoms with E-state index in [1.54, 1.807) is 11.3 Å². The molecule has 1 fully saturated rings. The predicted octanol–water partition coefficient (Wildman–Crippen LogP) is 2.29. The maximum Gasteiger partial charge on any atom is 0.234 e. The van der Waals surface area contributed by atoms with Gasteiger partial charge in [0, 0.05) is 18.0 Å². The number of ether oxygens (including phenoxy) is 1. The van der Waals surface area contributed by atoms with Gasteiger partial charge in [0.1, 0.15) is 0 Å². The average molecular weight is 316 g/mol. The van der Waals surface area contributed by atoms with Gasteiger partial charge in [-0.2, -0.15) is 0 Å². The first kappa shape index (κ1) is 15.2. The molecular formula is C17H20N2O2S. The summed E-state index contributed by atoms with van der Waals surface area (Å²) in [6, 6.07) is 14.1. The number of nitrogens with one attached hydrogen (secondary N) is 1. The van der Waals surface area contributed by atoms with Gasteiger partial charge in [-0.3, -0.25) is 9.69 Å².